The number of aryl methyl sites for hydroxylation is 2. The van der Waals surface area contributed by atoms with Gasteiger partial charge in [-0.3, -0.25) is 13.9 Å². The number of nitrogens with one attached hydrogen (secondary N) is 1. The van der Waals surface area contributed by atoms with Crippen molar-refractivity contribution in [1.29, 1.82) is 0 Å². The summed E-state index contributed by atoms with van der Waals surface area (Å²) in [5.41, 5.74) is 2.81. The number of benzene rings is 3. The first kappa shape index (κ1) is 31.5. The van der Waals surface area contributed by atoms with Crippen molar-refractivity contribution in [3.05, 3.63) is 93.5 Å². The number of anilines is 1. The van der Waals surface area contributed by atoms with E-state index in [2.05, 4.69) is 5.32 Å². The van der Waals surface area contributed by atoms with Crippen LogP contribution in [0, 0.1) is 13.8 Å². The van der Waals surface area contributed by atoms with Crippen molar-refractivity contribution >= 4 is 50.7 Å². The average molecular weight is 605 g/mol. The van der Waals surface area contributed by atoms with Gasteiger partial charge in [-0.1, -0.05) is 90.1 Å². The fourth-order valence-corrected chi connectivity index (χ4v) is 5.92. The maximum Gasteiger partial charge on any atom is 0.264 e. The highest BCUT2D eigenvalue weighted by Gasteiger charge is 2.33. The fraction of sp³-hybridized carbons (Fsp3) is 0.333. The van der Waals surface area contributed by atoms with Gasteiger partial charge in [0.05, 0.1) is 20.6 Å². The Labute approximate surface area is 247 Å². The first-order valence-corrected chi connectivity index (χ1v) is 15.3. The van der Waals surface area contributed by atoms with Gasteiger partial charge in [0.15, 0.2) is 0 Å². The number of hydrogen-bond donors (Lipinski definition) is 1. The fourth-order valence-electron chi connectivity index (χ4n) is 4.04. The molecule has 0 heterocycles. The van der Waals surface area contributed by atoms with Crippen molar-refractivity contribution < 1.29 is 18.0 Å². The zero-order valence-electron chi connectivity index (χ0n) is 23.2. The molecule has 0 spiro atoms. The van der Waals surface area contributed by atoms with Gasteiger partial charge in [0, 0.05) is 13.1 Å². The maximum absolute atomic E-state index is 14.0. The van der Waals surface area contributed by atoms with E-state index in [-0.39, 0.29) is 33.1 Å². The number of amides is 2. The maximum atomic E-state index is 14.0. The molecular formula is C30H35Cl2N3O4S. The third-order valence-corrected chi connectivity index (χ3v) is 9.14. The summed E-state index contributed by atoms with van der Waals surface area (Å²) in [4.78, 5) is 28.4. The van der Waals surface area contributed by atoms with Gasteiger partial charge < -0.3 is 10.2 Å². The molecule has 0 saturated carbocycles. The van der Waals surface area contributed by atoms with Crippen LogP contribution in [-0.2, 0) is 26.2 Å². The molecule has 3 rings (SSSR count). The van der Waals surface area contributed by atoms with Crippen LogP contribution in [0.3, 0.4) is 0 Å². The Morgan fingerprint density at radius 2 is 1.52 bits per heavy atom. The Morgan fingerprint density at radius 1 is 0.925 bits per heavy atom. The van der Waals surface area contributed by atoms with E-state index >= 15 is 0 Å². The average Bonchev–Trinajstić information content (AvgIpc) is 2.93. The number of halogens is 2. The van der Waals surface area contributed by atoms with Crippen LogP contribution in [0.25, 0.3) is 0 Å². The zero-order chi connectivity index (χ0) is 29.4. The SMILES string of the molecule is CCCCNC(=O)[C@H](C)N(Cc1ccc(C)cc1)C(=O)CN(c1cccc(Cl)c1Cl)S(=O)(=O)c1ccc(C)cc1. The molecule has 7 nitrogen and oxygen atoms in total. The van der Waals surface area contributed by atoms with Crippen LogP contribution in [0.5, 0.6) is 0 Å². The van der Waals surface area contributed by atoms with E-state index in [1.54, 1.807) is 25.1 Å². The first-order chi connectivity index (χ1) is 18.9. The van der Waals surface area contributed by atoms with Crippen molar-refractivity contribution in [3.63, 3.8) is 0 Å². The van der Waals surface area contributed by atoms with Crippen molar-refractivity contribution in [2.75, 3.05) is 17.4 Å². The minimum Gasteiger partial charge on any atom is -0.354 e. The van der Waals surface area contributed by atoms with E-state index in [9.17, 15) is 18.0 Å². The third kappa shape index (κ3) is 7.77. The minimum absolute atomic E-state index is 0.00242. The number of carbonyl (C=O) groups is 2. The Morgan fingerprint density at radius 3 is 2.12 bits per heavy atom. The number of carbonyl (C=O) groups excluding carboxylic acids is 2. The Bertz CT molecular complexity index is 1430. The normalized spacial score (nSPS) is 12.1. The second-order valence-corrected chi connectivity index (χ2v) is 12.4. The molecule has 0 radical (unpaired) electrons. The van der Waals surface area contributed by atoms with Crippen LogP contribution in [0.15, 0.2) is 71.6 Å². The topological polar surface area (TPSA) is 86.8 Å². The number of sulfonamides is 1. The Kier molecular flexibility index (Phi) is 11.0. The van der Waals surface area contributed by atoms with Crippen molar-refractivity contribution in [2.45, 2.75) is 58.0 Å². The van der Waals surface area contributed by atoms with Crippen molar-refractivity contribution in [3.8, 4) is 0 Å². The number of unbranched alkanes of at least 4 members (excludes halogenated alkanes) is 1. The highest BCUT2D eigenvalue weighted by Crippen LogP contribution is 2.35. The summed E-state index contributed by atoms with van der Waals surface area (Å²) in [7, 11) is -4.24. The molecular weight excluding hydrogens is 569 g/mol. The molecule has 0 aliphatic heterocycles. The van der Waals surface area contributed by atoms with Gasteiger partial charge in [-0.25, -0.2) is 8.42 Å². The smallest absolute Gasteiger partial charge is 0.264 e. The molecule has 2 amide bonds. The number of hydrogen-bond acceptors (Lipinski definition) is 4. The van der Waals surface area contributed by atoms with Gasteiger partial charge in [0.1, 0.15) is 12.6 Å². The van der Waals surface area contributed by atoms with E-state index in [0.717, 1.165) is 33.8 Å². The van der Waals surface area contributed by atoms with Gasteiger partial charge >= 0.3 is 0 Å². The molecule has 0 saturated heterocycles. The van der Waals surface area contributed by atoms with E-state index in [4.69, 9.17) is 23.2 Å². The van der Waals surface area contributed by atoms with E-state index in [0.29, 0.717) is 6.54 Å². The Balaban J connectivity index is 2.04. The van der Waals surface area contributed by atoms with Crippen LogP contribution in [0.2, 0.25) is 10.0 Å². The van der Waals surface area contributed by atoms with Crippen LogP contribution < -0.4 is 9.62 Å². The predicted octanol–water partition coefficient (Wildman–Crippen LogP) is 6.14. The van der Waals surface area contributed by atoms with Crippen molar-refractivity contribution in [1.82, 2.24) is 10.2 Å². The third-order valence-electron chi connectivity index (χ3n) is 6.56. The summed E-state index contributed by atoms with van der Waals surface area (Å²) in [6.07, 6.45) is 1.72. The molecule has 0 unspecified atom stereocenters. The molecule has 1 N–H and O–H groups in total. The molecule has 214 valence electrons. The van der Waals surface area contributed by atoms with E-state index < -0.39 is 28.5 Å². The molecule has 3 aromatic carbocycles. The second kappa shape index (κ2) is 14.0. The van der Waals surface area contributed by atoms with Gasteiger partial charge in [-0.2, -0.15) is 0 Å². The largest absolute Gasteiger partial charge is 0.354 e. The summed E-state index contributed by atoms with van der Waals surface area (Å²) >= 11 is 12.7. The number of rotatable bonds is 12. The van der Waals surface area contributed by atoms with Gasteiger partial charge in [-0.15, -0.1) is 0 Å². The van der Waals surface area contributed by atoms with Gasteiger partial charge in [0.25, 0.3) is 10.0 Å². The summed E-state index contributed by atoms with van der Waals surface area (Å²) < 4.78 is 28.8. The second-order valence-electron chi connectivity index (χ2n) is 9.73. The summed E-state index contributed by atoms with van der Waals surface area (Å²) in [6, 6.07) is 17.7. The van der Waals surface area contributed by atoms with Crippen LogP contribution in [0.1, 0.15) is 43.4 Å². The summed E-state index contributed by atoms with van der Waals surface area (Å²) in [6.45, 7) is 7.47. The molecule has 3 aromatic rings. The summed E-state index contributed by atoms with van der Waals surface area (Å²) in [5, 5.41) is 3.03. The zero-order valence-corrected chi connectivity index (χ0v) is 25.5. The van der Waals surface area contributed by atoms with E-state index in [1.165, 1.54) is 29.2 Å². The molecule has 0 aromatic heterocycles. The monoisotopic (exact) mass is 603 g/mol. The lowest BCUT2D eigenvalue weighted by atomic mass is 10.1. The van der Waals surface area contributed by atoms with Crippen molar-refractivity contribution in [2.24, 2.45) is 0 Å². The Hall–Kier alpha value is -3.07. The molecule has 0 aliphatic rings. The number of nitrogens with zero attached hydrogens (tertiary/aromatic N) is 2. The lowest BCUT2D eigenvalue weighted by Crippen LogP contribution is -2.51. The van der Waals surface area contributed by atoms with Gasteiger partial charge in [0.2, 0.25) is 11.8 Å². The van der Waals surface area contributed by atoms with Crippen LogP contribution >= 0.6 is 23.2 Å². The lowest BCUT2D eigenvalue weighted by Gasteiger charge is -2.32. The highest BCUT2D eigenvalue weighted by atomic mass is 35.5. The standard InChI is InChI=1S/C30H35Cl2N3O4S/c1-5-6-18-33-30(37)23(4)34(19-24-14-10-21(2)11-15-24)28(36)20-35(27-9-7-8-26(31)29(27)32)40(38,39)25-16-12-22(3)13-17-25/h7-17,23H,5-6,18-20H2,1-4H3,(H,33,37)/t23-/m0/s1. The quantitative estimate of drug-likeness (QED) is 0.252. The molecule has 10 heteroatoms. The van der Waals surface area contributed by atoms with Gasteiger partial charge in [-0.05, 0) is 57.0 Å². The highest BCUT2D eigenvalue weighted by molar-refractivity contribution is 7.92. The van der Waals surface area contributed by atoms with Crippen LogP contribution in [-0.4, -0.2) is 44.3 Å². The molecule has 0 bridgehead atoms. The van der Waals surface area contributed by atoms with E-state index in [1.807, 2.05) is 45.0 Å². The molecule has 40 heavy (non-hydrogen) atoms. The predicted molar refractivity (Wildman–Crippen MR) is 161 cm³/mol. The molecule has 0 aliphatic carbocycles. The summed E-state index contributed by atoms with van der Waals surface area (Å²) in [5.74, 6) is -0.881. The lowest BCUT2D eigenvalue weighted by molar-refractivity contribution is -0.139. The molecule has 1 atom stereocenters. The van der Waals surface area contributed by atoms with Crippen LogP contribution in [0.4, 0.5) is 5.69 Å². The first-order valence-electron chi connectivity index (χ1n) is 13.1. The molecule has 0 fully saturated rings. The minimum atomic E-state index is -4.24.